The summed E-state index contributed by atoms with van der Waals surface area (Å²) in [5.74, 6) is 2.08. The number of piperazine rings is 1. The van der Waals surface area contributed by atoms with Gasteiger partial charge in [0.05, 0.1) is 0 Å². The van der Waals surface area contributed by atoms with Crippen LogP contribution in [0, 0.1) is 0 Å². The van der Waals surface area contributed by atoms with Crippen molar-refractivity contribution in [2.75, 3.05) is 31.1 Å². The number of nitrogens with one attached hydrogen (secondary N) is 1. The zero-order valence-corrected chi connectivity index (χ0v) is 10.5. The maximum atomic E-state index is 6.02. The lowest BCUT2D eigenvalue weighted by Gasteiger charge is -2.28. The van der Waals surface area contributed by atoms with Crippen molar-refractivity contribution in [3.63, 3.8) is 0 Å². The van der Waals surface area contributed by atoms with Gasteiger partial charge in [-0.3, -0.25) is 0 Å². The van der Waals surface area contributed by atoms with E-state index >= 15 is 0 Å². The summed E-state index contributed by atoms with van der Waals surface area (Å²) in [6, 6.07) is 1.85. The lowest BCUT2D eigenvalue weighted by atomic mass is 10.2. The van der Waals surface area contributed by atoms with Crippen molar-refractivity contribution < 1.29 is 0 Å². The highest BCUT2D eigenvalue weighted by molar-refractivity contribution is 6.29. The van der Waals surface area contributed by atoms with Crippen molar-refractivity contribution >= 4 is 17.4 Å². The first-order chi connectivity index (χ1) is 7.66. The Balaban J connectivity index is 2.25. The highest BCUT2D eigenvalue weighted by atomic mass is 35.5. The molecule has 0 radical (unpaired) electrons. The molecule has 16 heavy (non-hydrogen) atoms. The van der Waals surface area contributed by atoms with E-state index < -0.39 is 0 Å². The highest BCUT2D eigenvalue weighted by Gasteiger charge is 2.14. The van der Waals surface area contributed by atoms with Gasteiger partial charge in [-0.15, -0.1) is 0 Å². The number of nitrogens with zero attached hydrogens (tertiary/aromatic N) is 3. The normalized spacial score (nSPS) is 16.9. The molecule has 0 unspecified atom stereocenters. The monoisotopic (exact) mass is 240 g/mol. The molecule has 1 aromatic rings. The molecule has 0 aliphatic carbocycles. The second-order valence-corrected chi connectivity index (χ2v) is 4.69. The van der Waals surface area contributed by atoms with Crippen LogP contribution in [0.25, 0.3) is 0 Å². The summed E-state index contributed by atoms with van der Waals surface area (Å²) in [4.78, 5) is 11.0. The van der Waals surface area contributed by atoms with Crippen molar-refractivity contribution in [2.45, 2.75) is 19.8 Å². The molecule has 1 aliphatic heterocycles. The Kier molecular flexibility index (Phi) is 3.61. The molecular formula is C11H17ClN4. The largest absolute Gasteiger partial charge is 0.354 e. The van der Waals surface area contributed by atoms with E-state index in [0.29, 0.717) is 11.1 Å². The van der Waals surface area contributed by atoms with Gasteiger partial charge in [0.15, 0.2) is 0 Å². The molecule has 1 N–H and O–H groups in total. The molecule has 0 atom stereocenters. The van der Waals surface area contributed by atoms with E-state index in [-0.39, 0.29) is 0 Å². The molecule has 88 valence electrons. The van der Waals surface area contributed by atoms with Gasteiger partial charge in [0, 0.05) is 38.2 Å². The molecule has 0 spiro atoms. The third-order valence-corrected chi connectivity index (χ3v) is 2.85. The van der Waals surface area contributed by atoms with Crippen LogP contribution < -0.4 is 10.2 Å². The van der Waals surface area contributed by atoms with Gasteiger partial charge in [-0.25, -0.2) is 9.97 Å². The van der Waals surface area contributed by atoms with Gasteiger partial charge in [-0.1, -0.05) is 25.4 Å². The molecule has 2 rings (SSSR count). The van der Waals surface area contributed by atoms with E-state index in [2.05, 4.69) is 34.0 Å². The first-order valence-electron chi connectivity index (χ1n) is 5.67. The van der Waals surface area contributed by atoms with Crippen LogP contribution in [-0.2, 0) is 0 Å². The smallest absolute Gasteiger partial charge is 0.135 e. The number of rotatable bonds is 2. The van der Waals surface area contributed by atoms with E-state index in [9.17, 15) is 0 Å². The average Bonchev–Trinajstić information content (AvgIpc) is 2.29. The quantitative estimate of drug-likeness (QED) is 0.799. The zero-order valence-electron chi connectivity index (χ0n) is 9.70. The van der Waals surface area contributed by atoms with Crippen LogP contribution in [0.4, 0.5) is 5.82 Å². The summed E-state index contributed by atoms with van der Waals surface area (Å²) in [5, 5.41) is 3.85. The van der Waals surface area contributed by atoms with Crippen molar-refractivity contribution in [1.82, 2.24) is 15.3 Å². The summed E-state index contributed by atoms with van der Waals surface area (Å²) >= 11 is 6.02. The van der Waals surface area contributed by atoms with E-state index in [1.807, 2.05) is 6.07 Å². The summed E-state index contributed by atoms with van der Waals surface area (Å²) in [6.45, 7) is 8.10. The minimum Gasteiger partial charge on any atom is -0.354 e. The minimum atomic E-state index is 0.306. The molecule has 1 aromatic heterocycles. The number of anilines is 1. The third kappa shape index (κ3) is 2.62. The highest BCUT2D eigenvalue weighted by Crippen LogP contribution is 2.20. The Hall–Kier alpha value is -0.870. The first-order valence-corrected chi connectivity index (χ1v) is 6.05. The molecule has 0 bridgehead atoms. The molecular weight excluding hydrogens is 224 g/mol. The molecule has 4 nitrogen and oxygen atoms in total. The summed E-state index contributed by atoms with van der Waals surface area (Å²) in [7, 11) is 0. The Bertz CT molecular complexity index is 361. The van der Waals surface area contributed by atoms with E-state index in [0.717, 1.165) is 37.8 Å². The Morgan fingerprint density at radius 1 is 1.31 bits per heavy atom. The average molecular weight is 241 g/mol. The zero-order chi connectivity index (χ0) is 11.5. The molecule has 0 aromatic carbocycles. The minimum absolute atomic E-state index is 0.306. The maximum absolute atomic E-state index is 6.02. The lowest BCUT2D eigenvalue weighted by Crippen LogP contribution is -2.44. The number of hydrogen-bond donors (Lipinski definition) is 1. The SMILES string of the molecule is CC(C)c1nc(Cl)cc(N2CCNCC2)n1. The van der Waals surface area contributed by atoms with Crippen molar-refractivity contribution in [1.29, 1.82) is 0 Å². The van der Waals surface area contributed by atoms with Gasteiger partial charge < -0.3 is 10.2 Å². The fourth-order valence-electron chi connectivity index (χ4n) is 1.74. The van der Waals surface area contributed by atoms with Crippen LogP contribution in [0.5, 0.6) is 0 Å². The summed E-state index contributed by atoms with van der Waals surface area (Å²) in [5.41, 5.74) is 0. The topological polar surface area (TPSA) is 41.1 Å². The fraction of sp³-hybridized carbons (Fsp3) is 0.636. The number of hydrogen-bond acceptors (Lipinski definition) is 4. The van der Waals surface area contributed by atoms with Crippen LogP contribution in [0.15, 0.2) is 6.07 Å². The predicted octanol–water partition coefficient (Wildman–Crippen LogP) is 1.66. The summed E-state index contributed by atoms with van der Waals surface area (Å²) < 4.78 is 0. The van der Waals surface area contributed by atoms with Gasteiger partial charge in [0.25, 0.3) is 0 Å². The second-order valence-electron chi connectivity index (χ2n) is 4.30. The maximum Gasteiger partial charge on any atom is 0.135 e. The Morgan fingerprint density at radius 2 is 2.00 bits per heavy atom. The third-order valence-electron chi connectivity index (χ3n) is 2.66. The van der Waals surface area contributed by atoms with Crippen LogP contribution in [0.3, 0.4) is 0 Å². The van der Waals surface area contributed by atoms with Crippen LogP contribution >= 0.6 is 11.6 Å². The van der Waals surface area contributed by atoms with Gasteiger partial charge >= 0.3 is 0 Å². The van der Waals surface area contributed by atoms with Crippen LogP contribution in [-0.4, -0.2) is 36.1 Å². The second kappa shape index (κ2) is 4.97. The molecule has 0 saturated carbocycles. The standard InChI is InChI=1S/C11H17ClN4/c1-8(2)11-14-9(12)7-10(15-11)16-5-3-13-4-6-16/h7-8,13H,3-6H2,1-2H3. The van der Waals surface area contributed by atoms with E-state index in [1.54, 1.807) is 0 Å². The molecule has 1 saturated heterocycles. The number of halogens is 1. The van der Waals surface area contributed by atoms with Gasteiger partial charge in [0.1, 0.15) is 16.8 Å². The predicted molar refractivity (Wildman–Crippen MR) is 66.2 cm³/mol. The van der Waals surface area contributed by atoms with Crippen molar-refractivity contribution in [3.05, 3.63) is 17.0 Å². The lowest BCUT2D eigenvalue weighted by molar-refractivity contribution is 0.582. The van der Waals surface area contributed by atoms with Gasteiger partial charge in [-0.2, -0.15) is 0 Å². The molecule has 1 fully saturated rings. The number of aromatic nitrogens is 2. The summed E-state index contributed by atoms with van der Waals surface area (Å²) in [6.07, 6.45) is 0. The van der Waals surface area contributed by atoms with Crippen molar-refractivity contribution in [3.8, 4) is 0 Å². The Labute approximate surface area is 101 Å². The first kappa shape index (κ1) is 11.6. The Morgan fingerprint density at radius 3 is 2.62 bits per heavy atom. The molecule has 1 aliphatic rings. The van der Waals surface area contributed by atoms with Gasteiger partial charge in [0.2, 0.25) is 0 Å². The van der Waals surface area contributed by atoms with Crippen LogP contribution in [0.2, 0.25) is 5.15 Å². The molecule has 2 heterocycles. The van der Waals surface area contributed by atoms with E-state index in [1.165, 1.54) is 0 Å². The molecule has 5 heteroatoms. The van der Waals surface area contributed by atoms with Crippen molar-refractivity contribution in [2.24, 2.45) is 0 Å². The fourth-order valence-corrected chi connectivity index (χ4v) is 1.92. The van der Waals surface area contributed by atoms with Crippen LogP contribution in [0.1, 0.15) is 25.6 Å². The van der Waals surface area contributed by atoms with E-state index in [4.69, 9.17) is 11.6 Å². The molecule has 0 amide bonds. The van der Waals surface area contributed by atoms with Gasteiger partial charge in [-0.05, 0) is 0 Å².